The lowest BCUT2D eigenvalue weighted by Crippen LogP contribution is -2.39. The van der Waals surface area contributed by atoms with Crippen LogP contribution >= 0.6 is 11.6 Å². The van der Waals surface area contributed by atoms with E-state index in [4.69, 9.17) is 11.6 Å². The van der Waals surface area contributed by atoms with Crippen molar-refractivity contribution in [3.63, 3.8) is 0 Å². The van der Waals surface area contributed by atoms with Crippen molar-refractivity contribution in [3.05, 3.63) is 22.8 Å². The minimum Gasteiger partial charge on any atom is -0.356 e. The number of rotatable bonds is 6. The van der Waals surface area contributed by atoms with Gasteiger partial charge in [0.05, 0.1) is 5.02 Å². The highest BCUT2D eigenvalue weighted by molar-refractivity contribution is 6.31. The monoisotopic (exact) mass is 309 g/mol. The molecular formula is C17H28ClN3. The van der Waals surface area contributed by atoms with Crippen LogP contribution in [-0.2, 0) is 6.54 Å². The number of hydrogen-bond acceptors (Lipinski definition) is 3. The normalized spacial score (nSPS) is 22.3. The Morgan fingerprint density at radius 2 is 2.14 bits per heavy atom. The molecule has 1 aromatic rings. The Morgan fingerprint density at radius 1 is 1.38 bits per heavy atom. The van der Waals surface area contributed by atoms with Crippen LogP contribution in [-0.4, -0.2) is 24.6 Å². The van der Waals surface area contributed by atoms with Crippen LogP contribution in [0.25, 0.3) is 0 Å². The molecule has 0 saturated heterocycles. The molecule has 118 valence electrons. The van der Waals surface area contributed by atoms with Gasteiger partial charge in [0.15, 0.2) is 0 Å². The summed E-state index contributed by atoms with van der Waals surface area (Å²) < 4.78 is 0. The maximum atomic E-state index is 6.27. The molecule has 1 aromatic heterocycles. The molecule has 4 heteroatoms. The minimum atomic E-state index is 0.601. The van der Waals surface area contributed by atoms with Crippen LogP contribution in [0, 0.1) is 5.92 Å². The molecule has 1 N–H and O–H groups in total. The molecule has 0 spiro atoms. The zero-order valence-electron chi connectivity index (χ0n) is 13.5. The number of anilines is 1. The van der Waals surface area contributed by atoms with Gasteiger partial charge in [-0.2, -0.15) is 0 Å². The SMILES string of the molecule is CCCNCc1cc(N(C)C2CCCCC2C)ncc1Cl. The van der Waals surface area contributed by atoms with E-state index in [-0.39, 0.29) is 0 Å². The van der Waals surface area contributed by atoms with Gasteiger partial charge in [0.2, 0.25) is 0 Å². The zero-order chi connectivity index (χ0) is 15.2. The fourth-order valence-electron chi connectivity index (χ4n) is 3.24. The first-order valence-corrected chi connectivity index (χ1v) is 8.59. The highest BCUT2D eigenvalue weighted by atomic mass is 35.5. The van der Waals surface area contributed by atoms with E-state index in [1.807, 2.05) is 0 Å². The highest BCUT2D eigenvalue weighted by Gasteiger charge is 2.26. The fourth-order valence-corrected chi connectivity index (χ4v) is 3.41. The largest absolute Gasteiger partial charge is 0.356 e. The van der Waals surface area contributed by atoms with E-state index >= 15 is 0 Å². The van der Waals surface area contributed by atoms with E-state index in [9.17, 15) is 0 Å². The van der Waals surface area contributed by atoms with Gasteiger partial charge in [-0.1, -0.05) is 38.3 Å². The average Bonchev–Trinajstić information content (AvgIpc) is 2.49. The minimum absolute atomic E-state index is 0.601. The van der Waals surface area contributed by atoms with Crippen LogP contribution in [0.2, 0.25) is 5.02 Å². The summed E-state index contributed by atoms with van der Waals surface area (Å²) in [6.45, 7) is 6.37. The van der Waals surface area contributed by atoms with Gasteiger partial charge in [-0.05, 0) is 43.4 Å². The fraction of sp³-hybridized carbons (Fsp3) is 0.706. The van der Waals surface area contributed by atoms with Gasteiger partial charge in [-0.3, -0.25) is 0 Å². The number of aromatic nitrogens is 1. The molecule has 2 unspecified atom stereocenters. The molecule has 21 heavy (non-hydrogen) atoms. The van der Waals surface area contributed by atoms with Crippen LogP contribution in [0.3, 0.4) is 0 Å². The molecule has 1 heterocycles. The second kappa shape index (κ2) is 8.00. The standard InChI is InChI=1S/C17H28ClN3/c1-4-9-19-11-14-10-17(20-12-15(14)18)21(3)16-8-6-5-7-13(16)2/h10,12-13,16,19H,4-9,11H2,1-3H3. The second-order valence-electron chi connectivity index (χ2n) is 6.25. The van der Waals surface area contributed by atoms with Gasteiger partial charge in [-0.25, -0.2) is 4.98 Å². The Labute approximate surface area is 134 Å². The third-order valence-corrected chi connectivity index (χ3v) is 4.93. The van der Waals surface area contributed by atoms with E-state index in [0.717, 1.165) is 41.8 Å². The lowest BCUT2D eigenvalue weighted by molar-refractivity contribution is 0.320. The Bertz CT molecular complexity index is 450. The average molecular weight is 310 g/mol. The van der Waals surface area contributed by atoms with Crippen molar-refractivity contribution >= 4 is 17.4 Å². The number of hydrogen-bond donors (Lipinski definition) is 1. The summed E-state index contributed by atoms with van der Waals surface area (Å²) in [6, 6.07) is 2.75. The van der Waals surface area contributed by atoms with Crippen LogP contribution in [0.1, 0.15) is 51.5 Å². The van der Waals surface area contributed by atoms with Crippen molar-refractivity contribution in [2.75, 3.05) is 18.5 Å². The molecule has 0 amide bonds. The Morgan fingerprint density at radius 3 is 2.86 bits per heavy atom. The lowest BCUT2D eigenvalue weighted by Gasteiger charge is -2.37. The van der Waals surface area contributed by atoms with Gasteiger partial charge in [-0.15, -0.1) is 0 Å². The molecule has 0 bridgehead atoms. The van der Waals surface area contributed by atoms with Crippen molar-refractivity contribution in [2.24, 2.45) is 5.92 Å². The van der Waals surface area contributed by atoms with Gasteiger partial charge in [0.1, 0.15) is 5.82 Å². The third kappa shape index (κ3) is 4.33. The zero-order valence-corrected chi connectivity index (χ0v) is 14.3. The first kappa shape index (κ1) is 16.6. The summed E-state index contributed by atoms with van der Waals surface area (Å²) in [5.74, 6) is 1.79. The summed E-state index contributed by atoms with van der Waals surface area (Å²) in [5, 5.41) is 4.17. The maximum absolute atomic E-state index is 6.27. The van der Waals surface area contributed by atoms with Crippen molar-refractivity contribution in [1.29, 1.82) is 0 Å². The van der Waals surface area contributed by atoms with Crippen molar-refractivity contribution in [2.45, 2.75) is 58.5 Å². The number of nitrogens with zero attached hydrogens (tertiary/aromatic N) is 2. The Hall–Kier alpha value is -0.800. The predicted octanol–water partition coefficient (Wildman–Crippen LogP) is 4.25. The molecule has 2 rings (SSSR count). The Kier molecular flexibility index (Phi) is 6.31. The molecule has 0 aromatic carbocycles. The molecule has 0 aliphatic heterocycles. The highest BCUT2D eigenvalue weighted by Crippen LogP contribution is 2.30. The first-order valence-electron chi connectivity index (χ1n) is 8.21. The Balaban J connectivity index is 2.09. The molecular weight excluding hydrogens is 282 g/mol. The van der Waals surface area contributed by atoms with Crippen molar-refractivity contribution in [1.82, 2.24) is 10.3 Å². The maximum Gasteiger partial charge on any atom is 0.128 e. The second-order valence-corrected chi connectivity index (χ2v) is 6.66. The van der Waals surface area contributed by atoms with Crippen LogP contribution in [0.5, 0.6) is 0 Å². The molecule has 3 nitrogen and oxygen atoms in total. The molecule has 1 aliphatic carbocycles. The van der Waals surface area contributed by atoms with Crippen LogP contribution in [0.15, 0.2) is 12.3 Å². The molecule has 1 saturated carbocycles. The summed E-state index contributed by atoms with van der Waals surface area (Å²) in [7, 11) is 2.17. The summed E-state index contributed by atoms with van der Waals surface area (Å²) in [4.78, 5) is 6.89. The molecule has 1 fully saturated rings. The van der Waals surface area contributed by atoms with Gasteiger partial charge < -0.3 is 10.2 Å². The topological polar surface area (TPSA) is 28.2 Å². The van der Waals surface area contributed by atoms with Crippen molar-refractivity contribution in [3.8, 4) is 0 Å². The smallest absolute Gasteiger partial charge is 0.128 e. The number of halogens is 1. The predicted molar refractivity (Wildman–Crippen MR) is 91.1 cm³/mol. The molecule has 1 aliphatic rings. The van der Waals surface area contributed by atoms with E-state index < -0.39 is 0 Å². The van der Waals surface area contributed by atoms with Crippen molar-refractivity contribution < 1.29 is 0 Å². The number of pyridine rings is 1. The first-order chi connectivity index (χ1) is 10.1. The quantitative estimate of drug-likeness (QED) is 0.796. The number of nitrogens with one attached hydrogen (secondary N) is 1. The van der Waals surface area contributed by atoms with Gasteiger partial charge in [0.25, 0.3) is 0 Å². The van der Waals surface area contributed by atoms with E-state index in [1.165, 1.54) is 25.7 Å². The van der Waals surface area contributed by atoms with E-state index in [2.05, 4.69) is 42.2 Å². The van der Waals surface area contributed by atoms with Gasteiger partial charge >= 0.3 is 0 Å². The lowest BCUT2D eigenvalue weighted by atomic mass is 9.85. The summed E-state index contributed by atoms with van der Waals surface area (Å²) in [5.41, 5.74) is 1.14. The summed E-state index contributed by atoms with van der Waals surface area (Å²) >= 11 is 6.27. The van der Waals surface area contributed by atoms with Crippen LogP contribution < -0.4 is 10.2 Å². The van der Waals surface area contributed by atoms with E-state index in [0.29, 0.717) is 6.04 Å². The summed E-state index contributed by atoms with van der Waals surface area (Å²) in [6.07, 6.45) is 8.22. The van der Waals surface area contributed by atoms with Crippen LogP contribution in [0.4, 0.5) is 5.82 Å². The van der Waals surface area contributed by atoms with E-state index in [1.54, 1.807) is 6.20 Å². The molecule has 2 atom stereocenters. The molecule has 0 radical (unpaired) electrons. The third-order valence-electron chi connectivity index (χ3n) is 4.59. The van der Waals surface area contributed by atoms with Gasteiger partial charge in [0, 0.05) is 25.8 Å².